The van der Waals surface area contributed by atoms with Crippen molar-refractivity contribution in [1.82, 2.24) is 13.5 Å². The van der Waals surface area contributed by atoms with Crippen LogP contribution in [-0.4, -0.2) is 79.4 Å². The van der Waals surface area contributed by atoms with Gasteiger partial charge in [-0.05, 0) is 31.2 Å². The third-order valence-corrected chi connectivity index (χ3v) is 7.46. The predicted octanol–water partition coefficient (Wildman–Crippen LogP) is 1.62. The van der Waals surface area contributed by atoms with Gasteiger partial charge < -0.3 is 4.90 Å². The van der Waals surface area contributed by atoms with Gasteiger partial charge in [-0.3, -0.25) is 9.80 Å². The van der Waals surface area contributed by atoms with Crippen molar-refractivity contribution < 1.29 is 13.2 Å². The fourth-order valence-electron chi connectivity index (χ4n) is 3.55. The fraction of sp³-hybridized carbons (Fsp3) is 0.579. The lowest BCUT2D eigenvalue weighted by Crippen LogP contribution is -2.54. The summed E-state index contributed by atoms with van der Waals surface area (Å²) in [5, 5.41) is 6.42. The molecule has 9 heteroatoms. The average molecular weight is 408 g/mol. The Balaban J connectivity index is 1.61. The van der Waals surface area contributed by atoms with Gasteiger partial charge in [-0.2, -0.15) is 22.1 Å². The van der Waals surface area contributed by atoms with Crippen molar-refractivity contribution in [2.24, 2.45) is 5.10 Å². The maximum Gasteiger partial charge on any atom is 0.282 e. The Kier molecular flexibility index (Phi) is 6.36. The molecule has 0 unspecified atom stereocenters. The lowest BCUT2D eigenvalue weighted by atomic mass is 10.1. The zero-order chi connectivity index (χ0) is 20.3. The standard InChI is InChI=1S/C19H29N5O3S/c1-4-22(5-2)28(26,27)23-14-12-21(13-15-23)19(25)17-6-8-18(9-7-17)24-11-10-16(3)20-24/h6-9H,4-5,10-15H2,1-3H3. The number of anilines is 1. The van der Waals surface area contributed by atoms with Crippen LogP contribution < -0.4 is 5.01 Å². The van der Waals surface area contributed by atoms with Crippen LogP contribution in [0, 0.1) is 0 Å². The molecule has 3 rings (SSSR count). The van der Waals surface area contributed by atoms with E-state index in [0.29, 0.717) is 44.8 Å². The van der Waals surface area contributed by atoms with Crippen molar-refractivity contribution in [2.75, 3.05) is 50.8 Å². The Morgan fingerprint density at radius 2 is 1.64 bits per heavy atom. The van der Waals surface area contributed by atoms with Crippen LogP contribution in [0.25, 0.3) is 0 Å². The first kappa shape index (κ1) is 20.8. The van der Waals surface area contributed by atoms with Gasteiger partial charge in [-0.25, -0.2) is 0 Å². The van der Waals surface area contributed by atoms with E-state index in [-0.39, 0.29) is 5.91 Å². The number of hydrogen-bond donors (Lipinski definition) is 0. The van der Waals surface area contributed by atoms with Crippen LogP contribution >= 0.6 is 0 Å². The third kappa shape index (κ3) is 4.21. The number of rotatable bonds is 6. The molecule has 0 saturated carbocycles. The number of hydrazone groups is 1. The van der Waals surface area contributed by atoms with Crippen molar-refractivity contribution in [2.45, 2.75) is 27.2 Å². The molecule has 0 atom stereocenters. The lowest BCUT2D eigenvalue weighted by Gasteiger charge is -2.36. The highest BCUT2D eigenvalue weighted by atomic mass is 32.2. The molecule has 2 aliphatic heterocycles. The second-order valence-electron chi connectivity index (χ2n) is 7.04. The van der Waals surface area contributed by atoms with Gasteiger partial charge in [0.1, 0.15) is 0 Å². The van der Waals surface area contributed by atoms with Crippen LogP contribution in [0.15, 0.2) is 29.4 Å². The van der Waals surface area contributed by atoms with E-state index in [0.717, 1.165) is 24.4 Å². The Morgan fingerprint density at radius 3 is 2.14 bits per heavy atom. The van der Waals surface area contributed by atoms with Crippen LogP contribution in [0.5, 0.6) is 0 Å². The smallest absolute Gasteiger partial charge is 0.282 e. The number of hydrogen-bond acceptors (Lipinski definition) is 5. The molecule has 1 amide bonds. The van der Waals surface area contributed by atoms with Gasteiger partial charge in [0.25, 0.3) is 16.1 Å². The molecule has 154 valence electrons. The van der Waals surface area contributed by atoms with E-state index >= 15 is 0 Å². The molecule has 2 heterocycles. The minimum atomic E-state index is -3.45. The molecule has 2 aliphatic rings. The van der Waals surface area contributed by atoms with Gasteiger partial charge in [-0.15, -0.1) is 0 Å². The summed E-state index contributed by atoms with van der Waals surface area (Å²) in [6.45, 7) is 8.89. The van der Waals surface area contributed by atoms with E-state index in [2.05, 4.69) is 5.10 Å². The summed E-state index contributed by atoms with van der Waals surface area (Å²) in [5.41, 5.74) is 2.70. The number of nitrogens with zero attached hydrogens (tertiary/aromatic N) is 5. The first-order valence-corrected chi connectivity index (χ1v) is 11.2. The molecule has 0 bridgehead atoms. The highest BCUT2D eigenvalue weighted by Gasteiger charge is 2.32. The number of carbonyl (C=O) groups excluding carboxylic acids is 1. The minimum absolute atomic E-state index is 0.0625. The van der Waals surface area contributed by atoms with Gasteiger partial charge in [0.05, 0.1) is 5.69 Å². The number of piperazine rings is 1. The van der Waals surface area contributed by atoms with Crippen molar-refractivity contribution in [3.05, 3.63) is 29.8 Å². The molecule has 0 aromatic heterocycles. The summed E-state index contributed by atoms with van der Waals surface area (Å²) in [7, 11) is -3.45. The lowest BCUT2D eigenvalue weighted by molar-refractivity contribution is 0.0694. The molecule has 0 radical (unpaired) electrons. The third-order valence-electron chi connectivity index (χ3n) is 5.27. The predicted molar refractivity (Wildman–Crippen MR) is 111 cm³/mol. The summed E-state index contributed by atoms with van der Waals surface area (Å²) in [6, 6.07) is 7.46. The van der Waals surface area contributed by atoms with Gasteiger partial charge in [-0.1, -0.05) is 13.8 Å². The maximum absolute atomic E-state index is 12.8. The number of carbonyl (C=O) groups is 1. The molecule has 1 aromatic carbocycles. The second-order valence-corrected chi connectivity index (χ2v) is 8.97. The van der Waals surface area contributed by atoms with Crippen molar-refractivity contribution in [1.29, 1.82) is 0 Å². The number of benzene rings is 1. The van der Waals surface area contributed by atoms with Gasteiger partial charge >= 0.3 is 0 Å². The highest BCUT2D eigenvalue weighted by Crippen LogP contribution is 2.21. The molecule has 1 saturated heterocycles. The second kappa shape index (κ2) is 8.59. The Bertz CT molecular complexity index is 826. The maximum atomic E-state index is 12.8. The summed E-state index contributed by atoms with van der Waals surface area (Å²) in [5.74, 6) is -0.0625. The van der Waals surface area contributed by atoms with Crippen molar-refractivity contribution in [3.8, 4) is 0 Å². The molecule has 28 heavy (non-hydrogen) atoms. The Morgan fingerprint density at radius 1 is 1.04 bits per heavy atom. The normalized spacial score (nSPS) is 18.6. The monoisotopic (exact) mass is 407 g/mol. The fourth-order valence-corrected chi connectivity index (χ4v) is 5.16. The van der Waals surface area contributed by atoms with E-state index < -0.39 is 10.2 Å². The molecule has 0 aliphatic carbocycles. The topological polar surface area (TPSA) is 76.5 Å². The number of amides is 1. The quantitative estimate of drug-likeness (QED) is 0.718. The summed E-state index contributed by atoms with van der Waals surface area (Å²) < 4.78 is 28.2. The molecule has 1 fully saturated rings. The Labute approximate surface area is 167 Å². The molecule has 0 N–H and O–H groups in total. The summed E-state index contributed by atoms with van der Waals surface area (Å²) in [6.07, 6.45) is 0.960. The zero-order valence-electron chi connectivity index (χ0n) is 16.8. The minimum Gasteiger partial charge on any atom is -0.336 e. The molecule has 8 nitrogen and oxygen atoms in total. The molecule has 1 aromatic rings. The van der Waals surface area contributed by atoms with E-state index in [1.807, 2.05) is 50.0 Å². The van der Waals surface area contributed by atoms with Crippen molar-refractivity contribution in [3.63, 3.8) is 0 Å². The Hall–Kier alpha value is -1.97. The van der Waals surface area contributed by atoms with Crippen molar-refractivity contribution >= 4 is 27.5 Å². The zero-order valence-corrected chi connectivity index (χ0v) is 17.7. The van der Waals surface area contributed by atoms with Crippen LogP contribution in [0.3, 0.4) is 0 Å². The highest BCUT2D eigenvalue weighted by molar-refractivity contribution is 7.86. The van der Waals surface area contributed by atoms with Crippen LogP contribution in [0.1, 0.15) is 37.6 Å². The largest absolute Gasteiger partial charge is 0.336 e. The first-order valence-electron chi connectivity index (χ1n) is 9.83. The van der Waals surface area contributed by atoms with Gasteiger partial charge in [0.2, 0.25) is 0 Å². The van der Waals surface area contributed by atoms with Gasteiger partial charge in [0.15, 0.2) is 0 Å². The molecular formula is C19H29N5O3S. The van der Waals surface area contributed by atoms with E-state index in [9.17, 15) is 13.2 Å². The van der Waals surface area contributed by atoms with E-state index in [4.69, 9.17) is 0 Å². The average Bonchev–Trinajstić information content (AvgIpc) is 3.15. The van der Waals surface area contributed by atoms with Crippen LogP contribution in [-0.2, 0) is 10.2 Å². The molecule has 0 spiro atoms. The summed E-state index contributed by atoms with van der Waals surface area (Å²) in [4.78, 5) is 14.5. The van der Waals surface area contributed by atoms with Crippen LogP contribution in [0.4, 0.5) is 5.69 Å². The first-order chi connectivity index (χ1) is 13.4. The SMILES string of the molecule is CCN(CC)S(=O)(=O)N1CCN(C(=O)c2ccc(N3CCC(C)=N3)cc2)CC1. The van der Waals surface area contributed by atoms with E-state index in [1.54, 1.807) is 4.90 Å². The van der Waals surface area contributed by atoms with Gasteiger partial charge in [0, 0.05) is 63.5 Å². The van der Waals surface area contributed by atoms with E-state index in [1.165, 1.54) is 8.61 Å². The molecular weight excluding hydrogens is 378 g/mol. The van der Waals surface area contributed by atoms with Crippen LogP contribution in [0.2, 0.25) is 0 Å². The summed E-state index contributed by atoms with van der Waals surface area (Å²) >= 11 is 0.